The molecule has 3 heterocycles. The number of hydrogen-bond acceptors (Lipinski definition) is 4. The minimum absolute atomic E-state index is 0.570. The summed E-state index contributed by atoms with van der Waals surface area (Å²) in [5.41, 5.74) is 1.39. The average Bonchev–Trinajstić information content (AvgIpc) is 2.78. The summed E-state index contributed by atoms with van der Waals surface area (Å²) in [7, 11) is 0. The van der Waals surface area contributed by atoms with Gasteiger partial charge in [0.1, 0.15) is 5.82 Å². The lowest BCUT2D eigenvalue weighted by Crippen LogP contribution is -2.62. The van der Waals surface area contributed by atoms with Gasteiger partial charge in [0.25, 0.3) is 0 Å². The number of hydrogen-bond donors (Lipinski definition) is 0. The van der Waals surface area contributed by atoms with Gasteiger partial charge in [0.2, 0.25) is 0 Å². The zero-order valence-electron chi connectivity index (χ0n) is 18.4. The van der Waals surface area contributed by atoms with Crippen molar-refractivity contribution in [2.75, 3.05) is 37.6 Å². The van der Waals surface area contributed by atoms with E-state index in [0.29, 0.717) is 18.1 Å². The van der Waals surface area contributed by atoms with Crippen molar-refractivity contribution in [3.8, 4) is 0 Å². The van der Waals surface area contributed by atoms with Crippen molar-refractivity contribution in [3.05, 3.63) is 59.2 Å². The van der Waals surface area contributed by atoms with Crippen LogP contribution < -0.4 is 4.90 Å². The highest BCUT2D eigenvalue weighted by Gasteiger charge is 2.36. The zero-order chi connectivity index (χ0) is 20.9. The molecule has 0 amide bonds. The molecule has 2 aromatic rings. The number of benzene rings is 1. The van der Waals surface area contributed by atoms with Gasteiger partial charge >= 0.3 is 0 Å². The van der Waals surface area contributed by atoms with E-state index in [4.69, 9.17) is 11.6 Å². The van der Waals surface area contributed by atoms with Gasteiger partial charge in [0.05, 0.1) is 0 Å². The highest BCUT2D eigenvalue weighted by atomic mass is 35.5. The summed E-state index contributed by atoms with van der Waals surface area (Å²) in [4.78, 5) is 12.5. The third-order valence-corrected chi connectivity index (χ3v) is 7.07. The van der Waals surface area contributed by atoms with Crippen LogP contribution in [0.4, 0.5) is 5.82 Å². The van der Waals surface area contributed by atoms with E-state index in [0.717, 1.165) is 36.9 Å². The van der Waals surface area contributed by atoms with E-state index < -0.39 is 0 Å². The first kappa shape index (κ1) is 21.6. The lowest BCUT2D eigenvalue weighted by atomic mass is 9.94. The number of piperidine rings is 1. The van der Waals surface area contributed by atoms with Crippen LogP contribution in [0.25, 0.3) is 0 Å². The molecule has 162 valence electrons. The van der Waals surface area contributed by atoms with Crippen LogP contribution in [0.5, 0.6) is 0 Å². The van der Waals surface area contributed by atoms with Gasteiger partial charge < -0.3 is 4.90 Å². The highest BCUT2D eigenvalue weighted by molar-refractivity contribution is 6.30. The smallest absolute Gasteiger partial charge is 0.128 e. The second-order valence-corrected chi connectivity index (χ2v) is 9.37. The molecule has 2 aliphatic rings. The number of rotatable bonds is 6. The Morgan fingerprint density at radius 2 is 1.80 bits per heavy atom. The summed E-state index contributed by atoms with van der Waals surface area (Å²) in [6.45, 7) is 10.4. The molecule has 0 unspecified atom stereocenters. The van der Waals surface area contributed by atoms with Crippen molar-refractivity contribution >= 4 is 17.4 Å². The summed E-state index contributed by atoms with van der Waals surface area (Å²) in [6, 6.07) is 16.5. The molecule has 4 rings (SSSR count). The molecular formula is C25H35ClN4. The molecule has 0 bridgehead atoms. The van der Waals surface area contributed by atoms with Crippen LogP contribution in [0, 0.1) is 0 Å². The molecule has 2 saturated heterocycles. The average molecular weight is 427 g/mol. The molecule has 0 saturated carbocycles. The van der Waals surface area contributed by atoms with E-state index in [2.05, 4.69) is 57.8 Å². The predicted octanol–water partition coefficient (Wildman–Crippen LogP) is 4.73. The first-order chi connectivity index (χ1) is 14.6. The van der Waals surface area contributed by atoms with Crippen LogP contribution in [0.3, 0.4) is 0 Å². The van der Waals surface area contributed by atoms with Crippen molar-refractivity contribution in [1.29, 1.82) is 0 Å². The lowest BCUT2D eigenvalue weighted by Gasteiger charge is -2.50. The van der Waals surface area contributed by atoms with E-state index in [1.807, 2.05) is 24.4 Å². The molecule has 0 radical (unpaired) electrons. The topological polar surface area (TPSA) is 22.6 Å². The molecule has 2 aliphatic heterocycles. The number of halogens is 1. The van der Waals surface area contributed by atoms with Crippen LogP contribution in [0.2, 0.25) is 5.02 Å². The Kier molecular flexibility index (Phi) is 7.29. The van der Waals surface area contributed by atoms with Gasteiger partial charge in [-0.2, -0.15) is 0 Å². The molecule has 1 aromatic carbocycles. The fraction of sp³-hybridized carbons (Fsp3) is 0.560. The second-order valence-electron chi connectivity index (χ2n) is 8.93. The molecule has 0 aliphatic carbocycles. The third-order valence-electron chi connectivity index (χ3n) is 6.81. The first-order valence-corrected chi connectivity index (χ1v) is 11.9. The number of aromatic nitrogens is 1. The normalized spacial score (nSPS) is 24.3. The quantitative estimate of drug-likeness (QED) is 0.665. The number of piperazine rings is 1. The van der Waals surface area contributed by atoms with Crippen LogP contribution in [0.15, 0.2) is 48.7 Å². The molecular weight excluding hydrogens is 392 g/mol. The van der Waals surface area contributed by atoms with Crippen LogP contribution in [-0.2, 0) is 6.42 Å². The molecule has 5 heteroatoms. The molecule has 2 fully saturated rings. The minimum Gasteiger partial charge on any atom is -0.357 e. The van der Waals surface area contributed by atoms with Crippen molar-refractivity contribution in [3.63, 3.8) is 0 Å². The Morgan fingerprint density at radius 3 is 2.47 bits per heavy atom. The standard InChI is InChI=1S/C25H35ClN4/c1-3-14-29-19-24(17-21-7-9-22(26)10-8-21)30(18-20(29)2)23-11-15-28(16-12-23)25-6-4-5-13-27-25/h4-10,13,20,23-24H,3,11-12,14-19H2,1-2H3/t20-,24-/m0/s1. The Hall–Kier alpha value is -1.62. The maximum absolute atomic E-state index is 6.12. The zero-order valence-corrected chi connectivity index (χ0v) is 19.1. The summed E-state index contributed by atoms with van der Waals surface area (Å²) in [5, 5.41) is 0.822. The van der Waals surface area contributed by atoms with E-state index in [-0.39, 0.29) is 0 Å². The van der Waals surface area contributed by atoms with E-state index in [9.17, 15) is 0 Å². The molecule has 1 aromatic heterocycles. The molecule has 0 N–H and O–H groups in total. The molecule has 2 atom stereocenters. The fourth-order valence-electron chi connectivity index (χ4n) is 5.21. The third kappa shape index (κ3) is 5.16. The van der Waals surface area contributed by atoms with Crippen molar-refractivity contribution in [1.82, 2.24) is 14.8 Å². The summed E-state index contributed by atoms with van der Waals surface area (Å²) >= 11 is 6.12. The van der Waals surface area contributed by atoms with Crippen molar-refractivity contribution in [2.45, 2.75) is 57.7 Å². The Labute approximate surface area is 186 Å². The number of nitrogens with zero attached hydrogens (tertiary/aromatic N) is 4. The summed E-state index contributed by atoms with van der Waals surface area (Å²) in [5.74, 6) is 1.12. The van der Waals surface area contributed by atoms with Gasteiger partial charge in [0, 0.05) is 55.5 Å². The second kappa shape index (κ2) is 10.1. The number of anilines is 1. The minimum atomic E-state index is 0.570. The maximum atomic E-state index is 6.12. The Morgan fingerprint density at radius 1 is 1.03 bits per heavy atom. The van der Waals surface area contributed by atoms with E-state index >= 15 is 0 Å². The SMILES string of the molecule is CCCN1C[C@H](Cc2ccc(Cl)cc2)N(C2CCN(c3ccccn3)CC2)C[C@@H]1C. The predicted molar refractivity (Wildman–Crippen MR) is 126 cm³/mol. The summed E-state index contributed by atoms with van der Waals surface area (Å²) in [6.07, 6.45) is 6.66. The van der Waals surface area contributed by atoms with E-state index in [1.165, 1.54) is 37.9 Å². The van der Waals surface area contributed by atoms with Crippen LogP contribution in [0.1, 0.15) is 38.7 Å². The first-order valence-electron chi connectivity index (χ1n) is 11.5. The molecule has 30 heavy (non-hydrogen) atoms. The maximum Gasteiger partial charge on any atom is 0.128 e. The monoisotopic (exact) mass is 426 g/mol. The van der Waals surface area contributed by atoms with Gasteiger partial charge in [0.15, 0.2) is 0 Å². The highest BCUT2D eigenvalue weighted by Crippen LogP contribution is 2.28. The Balaban J connectivity index is 1.45. The van der Waals surface area contributed by atoms with Gasteiger partial charge in [-0.3, -0.25) is 9.80 Å². The van der Waals surface area contributed by atoms with Gasteiger partial charge in [-0.25, -0.2) is 4.98 Å². The lowest BCUT2D eigenvalue weighted by molar-refractivity contribution is 0.00106. The van der Waals surface area contributed by atoms with Crippen LogP contribution >= 0.6 is 11.6 Å². The van der Waals surface area contributed by atoms with Gasteiger partial charge in [-0.05, 0) is 69.0 Å². The van der Waals surface area contributed by atoms with Gasteiger partial charge in [-0.15, -0.1) is 0 Å². The molecule has 0 spiro atoms. The molecule has 4 nitrogen and oxygen atoms in total. The van der Waals surface area contributed by atoms with Crippen molar-refractivity contribution < 1.29 is 0 Å². The van der Waals surface area contributed by atoms with Gasteiger partial charge in [-0.1, -0.05) is 36.7 Å². The fourth-order valence-corrected chi connectivity index (χ4v) is 5.34. The summed E-state index contributed by atoms with van der Waals surface area (Å²) < 4.78 is 0. The van der Waals surface area contributed by atoms with Crippen LogP contribution in [-0.4, -0.2) is 65.6 Å². The number of pyridine rings is 1. The largest absolute Gasteiger partial charge is 0.357 e. The van der Waals surface area contributed by atoms with E-state index in [1.54, 1.807) is 0 Å². The Bertz CT molecular complexity index is 773. The van der Waals surface area contributed by atoms with Crippen molar-refractivity contribution in [2.24, 2.45) is 0 Å².